The lowest BCUT2D eigenvalue weighted by molar-refractivity contribution is -0.137. The van der Waals surface area contributed by atoms with E-state index < -0.39 is 17.5 Å². The number of carbonyl (C=O) groups is 5. The molecule has 0 saturated carbocycles. The summed E-state index contributed by atoms with van der Waals surface area (Å²) in [5, 5.41) is 23.0. The highest BCUT2D eigenvalue weighted by molar-refractivity contribution is 6.07. The summed E-state index contributed by atoms with van der Waals surface area (Å²) in [7, 11) is 0. The average molecular weight is 997 g/mol. The summed E-state index contributed by atoms with van der Waals surface area (Å²) in [5.41, 5.74) is 4.55. The molecule has 5 heterocycles. The number of hydrogen-bond acceptors (Lipinski definition) is 14. The molecule has 1 unspecified atom stereocenters. The SMILES string of the molecule is C=C(NC(=O)c1cccc(NC2(c3nc(-c4ccncc4)n[nH]3)CCNCC2)c1)c1cccc(OCCCCCCOCCOCCOCCCC(=O)Nc2cccc3c2CN(C2CCC(=O)NC2=O)C3=O)c1. The molecule has 3 aliphatic heterocycles. The molecule has 0 radical (unpaired) electrons. The molecule has 2 aromatic heterocycles. The van der Waals surface area contributed by atoms with Crippen LogP contribution >= 0.6 is 0 Å². The maximum Gasteiger partial charge on any atom is 0.255 e. The van der Waals surface area contributed by atoms with E-state index in [-0.39, 0.29) is 49.4 Å². The van der Waals surface area contributed by atoms with Gasteiger partial charge >= 0.3 is 0 Å². The van der Waals surface area contributed by atoms with Crippen molar-refractivity contribution in [3.63, 3.8) is 0 Å². The van der Waals surface area contributed by atoms with Gasteiger partial charge in [0.2, 0.25) is 17.7 Å². The first kappa shape index (κ1) is 52.0. The molecule has 19 heteroatoms. The first-order chi connectivity index (χ1) is 35.7. The van der Waals surface area contributed by atoms with Crippen LogP contribution in [0.25, 0.3) is 17.1 Å². The van der Waals surface area contributed by atoms with Gasteiger partial charge in [0.05, 0.1) is 38.6 Å². The molecule has 0 bridgehead atoms. The third-order valence-corrected chi connectivity index (χ3v) is 13.0. The number of H-pyrrole nitrogens is 1. The highest BCUT2D eigenvalue weighted by atomic mass is 16.5. The fourth-order valence-electron chi connectivity index (χ4n) is 9.09. The lowest BCUT2D eigenvalue weighted by Gasteiger charge is -2.37. The van der Waals surface area contributed by atoms with Crippen molar-refractivity contribution in [3.8, 4) is 17.1 Å². The number of nitrogens with one attached hydrogen (secondary N) is 6. The van der Waals surface area contributed by atoms with Crippen LogP contribution < -0.4 is 31.3 Å². The topological polar surface area (TPSA) is 240 Å². The molecule has 19 nitrogen and oxygen atoms in total. The number of carbonyl (C=O) groups excluding carboxylic acids is 5. The zero-order chi connectivity index (χ0) is 50.8. The minimum atomic E-state index is -0.719. The molecule has 1 atom stereocenters. The predicted molar refractivity (Wildman–Crippen MR) is 273 cm³/mol. The van der Waals surface area contributed by atoms with E-state index in [0.717, 1.165) is 74.3 Å². The Hall–Kier alpha value is -7.32. The summed E-state index contributed by atoms with van der Waals surface area (Å²) in [6.07, 6.45) is 10.0. The Kier molecular flexibility index (Phi) is 18.4. The standard InChI is InChI=1S/C54H64N10O9/c1-37(57-50(67)40-11-6-12-41(34-40)61-54(21-25-56-26-22-54)53-60-49(62-63-53)38-19-23-55-24-20-38)39-10-7-13-42(35-39)73-29-5-3-2-4-27-70-30-32-72-33-31-71-28-9-16-47(65)58-45-15-8-14-43-44(45)36-64(52(43)69)46-17-18-48(66)59-51(46)68/h6-8,10-15,19-20,23-24,34-35,46,56,61H,1-5,9,16-18,21-22,25-33,36H2,(H,57,67)(H,58,65)(H,59,66,68)(H,60,62,63). The zero-order valence-electron chi connectivity index (χ0n) is 41.0. The number of anilines is 2. The number of aromatic nitrogens is 4. The van der Waals surface area contributed by atoms with Gasteiger partial charge in [-0.05, 0) is 113 Å². The third-order valence-electron chi connectivity index (χ3n) is 13.0. The fraction of sp³-hybridized carbons (Fsp3) is 0.407. The van der Waals surface area contributed by atoms with Crippen molar-refractivity contribution in [3.05, 3.63) is 126 Å². The van der Waals surface area contributed by atoms with E-state index >= 15 is 0 Å². The van der Waals surface area contributed by atoms with Crippen LogP contribution in [-0.4, -0.2) is 120 Å². The van der Waals surface area contributed by atoms with Gasteiger partial charge in [0.1, 0.15) is 11.8 Å². The van der Waals surface area contributed by atoms with Crippen LogP contribution in [0.5, 0.6) is 5.75 Å². The molecule has 0 spiro atoms. The molecule has 0 aliphatic carbocycles. The second-order valence-electron chi connectivity index (χ2n) is 18.2. The van der Waals surface area contributed by atoms with Crippen molar-refractivity contribution in [2.75, 3.05) is 70.0 Å². The van der Waals surface area contributed by atoms with Gasteiger partial charge in [-0.2, -0.15) is 5.10 Å². The van der Waals surface area contributed by atoms with E-state index in [0.29, 0.717) is 92.3 Å². The number of unbranched alkanes of at least 4 members (excludes halogenated alkanes) is 3. The Labute approximate surface area is 424 Å². The summed E-state index contributed by atoms with van der Waals surface area (Å²) < 4.78 is 23.0. The molecule has 2 saturated heterocycles. The van der Waals surface area contributed by atoms with Crippen LogP contribution in [0.4, 0.5) is 11.4 Å². The number of fused-ring (bicyclic) bond motifs is 1. The van der Waals surface area contributed by atoms with E-state index in [1.54, 1.807) is 36.7 Å². The van der Waals surface area contributed by atoms with Gasteiger partial charge in [-0.25, -0.2) is 4.98 Å². The number of nitrogens with zero attached hydrogens (tertiary/aromatic N) is 4. The van der Waals surface area contributed by atoms with Crippen LogP contribution in [0, 0.1) is 0 Å². The number of rotatable bonds is 27. The Morgan fingerprint density at radius 2 is 1.51 bits per heavy atom. The first-order valence-electron chi connectivity index (χ1n) is 25.1. The fourth-order valence-corrected chi connectivity index (χ4v) is 9.09. The smallest absolute Gasteiger partial charge is 0.255 e. The number of ether oxygens (including phenoxy) is 4. The molecule has 384 valence electrons. The zero-order valence-corrected chi connectivity index (χ0v) is 41.0. The maximum absolute atomic E-state index is 13.5. The number of aromatic amines is 1. The van der Waals surface area contributed by atoms with Crippen LogP contribution in [0.2, 0.25) is 0 Å². The maximum atomic E-state index is 13.5. The minimum Gasteiger partial charge on any atom is -0.494 e. The first-order valence-corrected chi connectivity index (χ1v) is 25.1. The Morgan fingerprint density at radius 1 is 0.795 bits per heavy atom. The van der Waals surface area contributed by atoms with E-state index in [1.807, 2.05) is 54.6 Å². The van der Waals surface area contributed by atoms with Crippen molar-refractivity contribution in [1.82, 2.24) is 41.0 Å². The van der Waals surface area contributed by atoms with Gasteiger partial charge in [0, 0.05) is 89.9 Å². The Bertz CT molecular complexity index is 2710. The van der Waals surface area contributed by atoms with E-state index in [1.165, 1.54) is 4.90 Å². The van der Waals surface area contributed by atoms with Crippen molar-refractivity contribution < 1.29 is 42.9 Å². The van der Waals surface area contributed by atoms with Gasteiger partial charge < -0.3 is 45.1 Å². The van der Waals surface area contributed by atoms with Crippen LogP contribution in [0.1, 0.15) is 102 Å². The van der Waals surface area contributed by atoms with Crippen LogP contribution in [-0.2, 0) is 40.7 Å². The van der Waals surface area contributed by atoms with Crippen molar-refractivity contribution in [2.45, 2.75) is 82.3 Å². The van der Waals surface area contributed by atoms with Crippen molar-refractivity contribution in [1.29, 1.82) is 0 Å². The highest BCUT2D eigenvalue weighted by Crippen LogP contribution is 2.35. The molecule has 3 aromatic carbocycles. The van der Waals surface area contributed by atoms with Gasteiger partial charge in [0.25, 0.3) is 11.8 Å². The van der Waals surface area contributed by atoms with Gasteiger partial charge in [-0.1, -0.05) is 37.3 Å². The molecular weight excluding hydrogens is 933 g/mol. The molecular formula is C54H64N10O9. The normalized spacial score (nSPS) is 16.1. The quantitative estimate of drug-likeness (QED) is 0.0257. The highest BCUT2D eigenvalue weighted by Gasteiger charge is 2.40. The van der Waals surface area contributed by atoms with E-state index in [9.17, 15) is 24.0 Å². The molecule has 6 N–H and O–H groups in total. The van der Waals surface area contributed by atoms with E-state index in [4.69, 9.17) is 23.9 Å². The van der Waals surface area contributed by atoms with Gasteiger partial charge in [0.15, 0.2) is 11.6 Å². The monoisotopic (exact) mass is 996 g/mol. The molecule has 2 fully saturated rings. The lowest BCUT2D eigenvalue weighted by Crippen LogP contribution is -2.52. The summed E-state index contributed by atoms with van der Waals surface area (Å²) in [6, 6.07) is 23.2. The third kappa shape index (κ3) is 14.2. The summed E-state index contributed by atoms with van der Waals surface area (Å²) >= 11 is 0. The number of hydrogen-bond donors (Lipinski definition) is 6. The molecule has 8 rings (SSSR count). The summed E-state index contributed by atoms with van der Waals surface area (Å²) in [4.78, 5) is 73.7. The Balaban J connectivity index is 0.640. The number of piperidine rings is 2. The molecule has 73 heavy (non-hydrogen) atoms. The molecule has 5 aromatic rings. The van der Waals surface area contributed by atoms with Crippen LogP contribution in [0.3, 0.4) is 0 Å². The Morgan fingerprint density at radius 3 is 2.29 bits per heavy atom. The second kappa shape index (κ2) is 25.9. The lowest BCUT2D eigenvalue weighted by atomic mass is 9.87. The second-order valence-corrected chi connectivity index (χ2v) is 18.2. The average Bonchev–Trinajstić information content (AvgIpc) is 4.04. The number of imide groups is 1. The van der Waals surface area contributed by atoms with Gasteiger partial charge in [-0.3, -0.25) is 39.4 Å². The molecule has 5 amide bonds. The van der Waals surface area contributed by atoms with Crippen LogP contribution in [0.15, 0.2) is 97.8 Å². The number of pyridine rings is 1. The number of amides is 5. The summed E-state index contributed by atoms with van der Waals surface area (Å²) in [5.74, 6) is 0.485. The molecule has 3 aliphatic rings. The predicted octanol–water partition coefficient (Wildman–Crippen LogP) is 6.13. The van der Waals surface area contributed by atoms with Gasteiger partial charge in [-0.15, -0.1) is 0 Å². The van der Waals surface area contributed by atoms with Crippen molar-refractivity contribution >= 4 is 46.6 Å². The van der Waals surface area contributed by atoms with Crippen molar-refractivity contribution in [2.24, 2.45) is 0 Å². The largest absolute Gasteiger partial charge is 0.494 e. The minimum absolute atomic E-state index is 0.175. The summed E-state index contributed by atoms with van der Waals surface area (Å²) in [6.45, 7) is 9.33. The number of benzene rings is 3. The van der Waals surface area contributed by atoms with E-state index in [2.05, 4.69) is 48.3 Å².